The van der Waals surface area contributed by atoms with Gasteiger partial charge in [-0.3, -0.25) is 14.9 Å². The lowest BCUT2D eigenvalue weighted by molar-refractivity contribution is -0.384. The van der Waals surface area contributed by atoms with E-state index in [0.29, 0.717) is 17.5 Å². The largest absolute Gasteiger partial charge is 0.316 e. The summed E-state index contributed by atoms with van der Waals surface area (Å²) < 4.78 is 1.85. The SMILES string of the molecule is O=Cc1cc([N+](=O)[O-])ccc1-n1ccc2ccccc21. The van der Waals surface area contributed by atoms with Gasteiger partial charge in [-0.1, -0.05) is 18.2 Å². The first-order chi connectivity index (χ1) is 9.70. The van der Waals surface area contributed by atoms with Crippen molar-refractivity contribution in [1.82, 2.24) is 4.57 Å². The first-order valence-corrected chi connectivity index (χ1v) is 6.01. The van der Waals surface area contributed by atoms with Crippen LogP contribution in [-0.2, 0) is 0 Å². The van der Waals surface area contributed by atoms with Gasteiger partial charge >= 0.3 is 0 Å². The molecule has 0 fully saturated rings. The maximum Gasteiger partial charge on any atom is 0.270 e. The number of fused-ring (bicyclic) bond motifs is 1. The van der Waals surface area contributed by atoms with Crippen molar-refractivity contribution in [3.05, 3.63) is 70.4 Å². The number of aromatic nitrogens is 1. The van der Waals surface area contributed by atoms with Crippen LogP contribution in [0.1, 0.15) is 10.4 Å². The Labute approximate surface area is 114 Å². The summed E-state index contributed by atoms with van der Waals surface area (Å²) in [4.78, 5) is 21.5. The van der Waals surface area contributed by atoms with Crippen molar-refractivity contribution in [2.75, 3.05) is 0 Å². The Morgan fingerprint density at radius 3 is 2.65 bits per heavy atom. The molecule has 0 aliphatic rings. The first kappa shape index (κ1) is 12.1. The van der Waals surface area contributed by atoms with Crippen molar-refractivity contribution < 1.29 is 9.72 Å². The van der Waals surface area contributed by atoms with Gasteiger partial charge in [-0.2, -0.15) is 0 Å². The molecule has 0 N–H and O–H groups in total. The van der Waals surface area contributed by atoms with Crippen LogP contribution in [0.5, 0.6) is 0 Å². The Hall–Kier alpha value is -2.95. The summed E-state index contributed by atoms with van der Waals surface area (Å²) in [5.74, 6) is 0. The van der Waals surface area contributed by atoms with Gasteiger partial charge in [0.05, 0.1) is 16.1 Å². The normalized spacial score (nSPS) is 10.6. The zero-order valence-electron chi connectivity index (χ0n) is 10.4. The number of aldehydes is 1. The van der Waals surface area contributed by atoms with Crippen molar-refractivity contribution in [3.8, 4) is 5.69 Å². The maximum absolute atomic E-state index is 11.2. The lowest BCUT2D eigenvalue weighted by atomic mass is 10.1. The minimum Gasteiger partial charge on any atom is -0.316 e. The molecule has 0 aliphatic carbocycles. The number of nitro benzene ring substituents is 1. The van der Waals surface area contributed by atoms with E-state index in [-0.39, 0.29) is 5.69 Å². The number of non-ortho nitro benzene ring substituents is 1. The van der Waals surface area contributed by atoms with E-state index < -0.39 is 4.92 Å². The Balaban J connectivity index is 2.24. The number of benzene rings is 2. The van der Waals surface area contributed by atoms with Gasteiger partial charge in [0.25, 0.3) is 5.69 Å². The van der Waals surface area contributed by atoms with E-state index in [1.165, 1.54) is 12.1 Å². The second-order valence-electron chi connectivity index (χ2n) is 4.36. The first-order valence-electron chi connectivity index (χ1n) is 6.01. The second-order valence-corrected chi connectivity index (χ2v) is 4.36. The van der Waals surface area contributed by atoms with Gasteiger partial charge in [-0.25, -0.2) is 0 Å². The summed E-state index contributed by atoms with van der Waals surface area (Å²) >= 11 is 0. The van der Waals surface area contributed by atoms with E-state index >= 15 is 0 Å². The molecule has 0 amide bonds. The molecule has 2 aromatic carbocycles. The summed E-state index contributed by atoms with van der Waals surface area (Å²) in [5, 5.41) is 11.8. The molecule has 20 heavy (non-hydrogen) atoms. The van der Waals surface area contributed by atoms with Crippen LogP contribution >= 0.6 is 0 Å². The third-order valence-corrected chi connectivity index (χ3v) is 3.21. The molecular weight excluding hydrogens is 256 g/mol. The molecule has 0 aliphatic heterocycles. The maximum atomic E-state index is 11.2. The third-order valence-electron chi connectivity index (χ3n) is 3.21. The summed E-state index contributed by atoms with van der Waals surface area (Å²) in [6.07, 6.45) is 2.48. The number of carbonyl (C=O) groups excluding carboxylic acids is 1. The highest BCUT2D eigenvalue weighted by atomic mass is 16.6. The molecule has 0 saturated heterocycles. The van der Waals surface area contributed by atoms with E-state index in [0.717, 1.165) is 10.9 Å². The highest BCUT2D eigenvalue weighted by molar-refractivity contribution is 5.87. The van der Waals surface area contributed by atoms with Crippen molar-refractivity contribution in [3.63, 3.8) is 0 Å². The van der Waals surface area contributed by atoms with Crippen LogP contribution in [0.2, 0.25) is 0 Å². The molecular formula is C15H10N2O3. The number of hydrogen-bond acceptors (Lipinski definition) is 3. The molecule has 0 unspecified atom stereocenters. The number of nitro groups is 1. The minimum absolute atomic E-state index is 0.0905. The monoisotopic (exact) mass is 266 g/mol. The summed E-state index contributed by atoms with van der Waals surface area (Å²) in [6.45, 7) is 0. The van der Waals surface area contributed by atoms with Crippen LogP contribution in [0.3, 0.4) is 0 Å². The average molecular weight is 266 g/mol. The van der Waals surface area contributed by atoms with Crippen molar-refractivity contribution in [2.45, 2.75) is 0 Å². The fourth-order valence-corrected chi connectivity index (χ4v) is 2.26. The molecule has 1 heterocycles. The fraction of sp³-hybridized carbons (Fsp3) is 0. The summed E-state index contributed by atoms with van der Waals surface area (Å²) in [7, 11) is 0. The molecule has 5 heteroatoms. The van der Waals surface area contributed by atoms with Crippen LogP contribution in [0.15, 0.2) is 54.7 Å². The van der Waals surface area contributed by atoms with Crippen LogP contribution in [-0.4, -0.2) is 15.8 Å². The van der Waals surface area contributed by atoms with Gasteiger partial charge in [-0.15, -0.1) is 0 Å². The van der Waals surface area contributed by atoms with E-state index in [4.69, 9.17) is 0 Å². The molecule has 3 aromatic rings. The molecule has 0 radical (unpaired) electrons. The molecule has 1 aromatic heterocycles. The summed E-state index contributed by atoms with van der Waals surface area (Å²) in [5.41, 5.74) is 1.78. The van der Waals surface area contributed by atoms with E-state index in [2.05, 4.69) is 0 Å². The van der Waals surface area contributed by atoms with E-state index in [1.54, 1.807) is 6.07 Å². The highest BCUT2D eigenvalue weighted by Gasteiger charge is 2.12. The van der Waals surface area contributed by atoms with Crippen molar-refractivity contribution >= 4 is 22.9 Å². The number of para-hydroxylation sites is 1. The van der Waals surface area contributed by atoms with Gasteiger partial charge in [0.2, 0.25) is 0 Å². The van der Waals surface area contributed by atoms with Crippen LogP contribution < -0.4 is 0 Å². The minimum atomic E-state index is -0.509. The van der Waals surface area contributed by atoms with Crippen molar-refractivity contribution in [1.29, 1.82) is 0 Å². The lowest BCUT2D eigenvalue weighted by Crippen LogP contribution is -1.99. The van der Waals surface area contributed by atoms with Gasteiger partial charge in [-0.05, 0) is 23.6 Å². The molecule has 0 atom stereocenters. The van der Waals surface area contributed by atoms with E-state index in [1.807, 2.05) is 41.1 Å². The number of nitrogens with zero attached hydrogens (tertiary/aromatic N) is 2. The lowest BCUT2D eigenvalue weighted by Gasteiger charge is -2.08. The van der Waals surface area contributed by atoms with Gasteiger partial charge in [0, 0.05) is 23.9 Å². The Bertz CT molecular complexity index is 821. The number of rotatable bonds is 3. The number of carbonyl (C=O) groups is 1. The number of hydrogen-bond donors (Lipinski definition) is 0. The standard InChI is InChI=1S/C15H10N2O3/c18-10-12-9-13(17(19)20)5-6-15(12)16-8-7-11-3-1-2-4-14(11)16/h1-10H. The Kier molecular flexibility index (Phi) is 2.80. The topological polar surface area (TPSA) is 65.1 Å². The Morgan fingerprint density at radius 1 is 1.10 bits per heavy atom. The average Bonchev–Trinajstić information content (AvgIpc) is 2.90. The third kappa shape index (κ3) is 1.85. The predicted molar refractivity (Wildman–Crippen MR) is 75.3 cm³/mol. The molecule has 0 spiro atoms. The van der Waals surface area contributed by atoms with Gasteiger partial charge in [0.1, 0.15) is 0 Å². The molecule has 3 rings (SSSR count). The predicted octanol–water partition coefficient (Wildman–Crippen LogP) is 3.35. The smallest absolute Gasteiger partial charge is 0.270 e. The molecule has 0 saturated carbocycles. The zero-order valence-corrected chi connectivity index (χ0v) is 10.4. The van der Waals surface area contributed by atoms with Crippen LogP contribution in [0, 0.1) is 10.1 Å². The highest BCUT2D eigenvalue weighted by Crippen LogP contribution is 2.24. The van der Waals surface area contributed by atoms with Gasteiger partial charge < -0.3 is 4.57 Å². The Morgan fingerprint density at radius 2 is 1.90 bits per heavy atom. The molecule has 0 bridgehead atoms. The van der Waals surface area contributed by atoms with Crippen LogP contribution in [0.4, 0.5) is 5.69 Å². The van der Waals surface area contributed by atoms with Crippen LogP contribution in [0.25, 0.3) is 16.6 Å². The molecule has 5 nitrogen and oxygen atoms in total. The van der Waals surface area contributed by atoms with Crippen molar-refractivity contribution in [2.24, 2.45) is 0 Å². The molecule has 98 valence electrons. The fourth-order valence-electron chi connectivity index (χ4n) is 2.26. The summed E-state index contributed by atoms with van der Waals surface area (Å²) in [6, 6.07) is 14.0. The second kappa shape index (κ2) is 4.62. The zero-order chi connectivity index (χ0) is 14.1. The van der Waals surface area contributed by atoms with E-state index in [9.17, 15) is 14.9 Å². The quantitative estimate of drug-likeness (QED) is 0.415. The van der Waals surface area contributed by atoms with Gasteiger partial charge in [0.15, 0.2) is 6.29 Å².